The Kier molecular flexibility index (Phi) is 5.75. The van der Waals surface area contributed by atoms with Crippen molar-refractivity contribution < 1.29 is 8.42 Å². The van der Waals surface area contributed by atoms with E-state index < -0.39 is 10.0 Å². The molecule has 1 aromatic rings. The SMILES string of the molecule is CCS(=O)(=O)NCCN1C[C@@H](CN)[C@H](c2ccccc2)C1. The first kappa shape index (κ1) is 16.4. The summed E-state index contributed by atoms with van der Waals surface area (Å²) in [6.45, 7) is 5.39. The molecule has 0 amide bonds. The Hall–Kier alpha value is -0.950. The van der Waals surface area contributed by atoms with Gasteiger partial charge in [-0.25, -0.2) is 13.1 Å². The van der Waals surface area contributed by atoms with Crippen molar-refractivity contribution in [1.29, 1.82) is 0 Å². The minimum atomic E-state index is -3.10. The molecule has 0 radical (unpaired) electrons. The van der Waals surface area contributed by atoms with Crippen LogP contribution in [-0.2, 0) is 10.0 Å². The van der Waals surface area contributed by atoms with E-state index >= 15 is 0 Å². The van der Waals surface area contributed by atoms with Crippen LogP contribution in [0.5, 0.6) is 0 Å². The lowest BCUT2D eigenvalue weighted by Crippen LogP contribution is -2.35. The molecule has 1 aromatic carbocycles. The van der Waals surface area contributed by atoms with Gasteiger partial charge in [-0.1, -0.05) is 30.3 Å². The van der Waals surface area contributed by atoms with Gasteiger partial charge in [-0.05, 0) is 24.9 Å². The minimum absolute atomic E-state index is 0.130. The molecule has 2 rings (SSSR count). The molecule has 0 aromatic heterocycles. The Bertz CT molecular complexity index is 533. The van der Waals surface area contributed by atoms with Gasteiger partial charge in [-0.2, -0.15) is 0 Å². The van der Waals surface area contributed by atoms with Gasteiger partial charge in [0, 0.05) is 32.1 Å². The van der Waals surface area contributed by atoms with Gasteiger partial charge in [0.05, 0.1) is 5.75 Å². The van der Waals surface area contributed by atoms with Crippen LogP contribution in [0.3, 0.4) is 0 Å². The van der Waals surface area contributed by atoms with Crippen molar-refractivity contribution in [3.05, 3.63) is 35.9 Å². The van der Waals surface area contributed by atoms with Gasteiger partial charge in [-0.15, -0.1) is 0 Å². The van der Waals surface area contributed by atoms with Crippen LogP contribution < -0.4 is 10.5 Å². The van der Waals surface area contributed by atoms with E-state index in [-0.39, 0.29) is 5.75 Å². The molecule has 0 bridgehead atoms. The standard InChI is InChI=1S/C15H25N3O2S/c1-2-21(19,20)17-8-9-18-11-14(10-16)15(12-18)13-6-4-3-5-7-13/h3-7,14-15,17H,2,8-12,16H2,1H3/t14-,15+/m1/s1. The quantitative estimate of drug-likeness (QED) is 0.773. The molecule has 1 heterocycles. The predicted octanol–water partition coefficient (Wildman–Crippen LogP) is 0.600. The zero-order valence-corrected chi connectivity index (χ0v) is 13.3. The number of sulfonamides is 1. The molecule has 1 saturated heterocycles. The normalized spacial score (nSPS) is 23.5. The van der Waals surface area contributed by atoms with Crippen LogP contribution in [0.15, 0.2) is 30.3 Å². The Balaban J connectivity index is 1.90. The number of benzene rings is 1. The number of likely N-dealkylation sites (tertiary alicyclic amines) is 1. The number of hydrogen-bond donors (Lipinski definition) is 2. The summed E-state index contributed by atoms with van der Waals surface area (Å²) in [5.41, 5.74) is 7.23. The van der Waals surface area contributed by atoms with Crippen LogP contribution in [0, 0.1) is 5.92 Å². The summed E-state index contributed by atoms with van der Waals surface area (Å²) in [7, 11) is -3.10. The number of hydrogen-bond acceptors (Lipinski definition) is 4. The highest BCUT2D eigenvalue weighted by Crippen LogP contribution is 2.31. The maximum Gasteiger partial charge on any atom is 0.211 e. The summed E-state index contributed by atoms with van der Waals surface area (Å²) < 4.78 is 25.5. The van der Waals surface area contributed by atoms with Crippen LogP contribution in [0.4, 0.5) is 0 Å². The van der Waals surface area contributed by atoms with Gasteiger partial charge in [0.15, 0.2) is 0 Å². The summed E-state index contributed by atoms with van der Waals surface area (Å²) in [4.78, 5) is 2.30. The van der Waals surface area contributed by atoms with E-state index in [4.69, 9.17) is 5.73 Å². The average molecular weight is 311 g/mol. The van der Waals surface area contributed by atoms with Crippen molar-refractivity contribution >= 4 is 10.0 Å². The second-order valence-electron chi connectivity index (χ2n) is 5.57. The largest absolute Gasteiger partial charge is 0.330 e. The lowest BCUT2D eigenvalue weighted by atomic mass is 9.89. The number of rotatable bonds is 7. The average Bonchev–Trinajstić information content (AvgIpc) is 2.91. The number of nitrogens with one attached hydrogen (secondary N) is 1. The summed E-state index contributed by atoms with van der Waals surface area (Å²) in [5, 5.41) is 0. The van der Waals surface area contributed by atoms with E-state index in [9.17, 15) is 8.42 Å². The summed E-state index contributed by atoms with van der Waals surface area (Å²) in [6.07, 6.45) is 0. The van der Waals surface area contributed by atoms with Crippen molar-refractivity contribution in [2.45, 2.75) is 12.8 Å². The molecule has 0 saturated carbocycles. The fourth-order valence-corrected chi connectivity index (χ4v) is 3.53. The zero-order chi connectivity index (χ0) is 15.3. The lowest BCUT2D eigenvalue weighted by Gasteiger charge is -2.17. The third kappa shape index (κ3) is 4.51. The molecule has 1 aliphatic heterocycles. The third-order valence-electron chi connectivity index (χ3n) is 4.18. The number of nitrogens with two attached hydrogens (primary N) is 1. The van der Waals surface area contributed by atoms with Gasteiger partial charge in [0.1, 0.15) is 0 Å². The molecule has 0 aliphatic carbocycles. The number of nitrogens with zero attached hydrogens (tertiary/aromatic N) is 1. The maximum absolute atomic E-state index is 11.4. The van der Waals surface area contributed by atoms with Crippen molar-refractivity contribution in [1.82, 2.24) is 9.62 Å². The predicted molar refractivity (Wildman–Crippen MR) is 85.6 cm³/mol. The third-order valence-corrected chi connectivity index (χ3v) is 5.58. The molecule has 118 valence electrons. The summed E-state index contributed by atoms with van der Waals surface area (Å²) in [6, 6.07) is 10.4. The fraction of sp³-hybridized carbons (Fsp3) is 0.600. The highest BCUT2D eigenvalue weighted by Gasteiger charge is 2.32. The molecule has 21 heavy (non-hydrogen) atoms. The first-order valence-corrected chi connectivity index (χ1v) is 9.15. The Morgan fingerprint density at radius 3 is 2.62 bits per heavy atom. The van der Waals surface area contributed by atoms with Crippen molar-refractivity contribution in [3.8, 4) is 0 Å². The molecule has 6 heteroatoms. The molecular weight excluding hydrogens is 286 g/mol. The Morgan fingerprint density at radius 1 is 1.29 bits per heavy atom. The Labute approximate surface area is 127 Å². The highest BCUT2D eigenvalue weighted by atomic mass is 32.2. The zero-order valence-electron chi connectivity index (χ0n) is 12.5. The van der Waals surface area contributed by atoms with Crippen molar-refractivity contribution in [2.24, 2.45) is 11.7 Å². The molecule has 1 aliphatic rings. The molecule has 0 unspecified atom stereocenters. The van der Waals surface area contributed by atoms with E-state index in [1.165, 1.54) is 5.56 Å². The lowest BCUT2D eigenvalue weighted by molar-refractivity contribution is 0.329. The maximum atomic E-state index is 11.4. The van der Waals surface area contributed by atoms with Gasteiger partial charge in [0.25, 0.3) is 0 Å². The first-order chi connectivity index (χ1) is 10.1. The Morgan fingerprint density at radius 2 is 2.00 bits per heavy atom. The van der Waals surface area contributed by atoms with E-state index in [0.29, 0.717) is 24.9 Å². The molecule has 0 spiro atoms. The van der Waals surface area contributed by atoms with Crippen LogP contribution in [0.25, 0.3) is 0 Å². The second kappa shape index (κ2) is 7.35. The summed E-state index contributed by atoms with van der Waals surface area (Å²) in [5.74, 6) is 1.01. The first-order valence-electron chi connectivity index (χ1n) is 7.50. The second-order valence-corrected chi connectivity index (χ2v) is 7.67. The van der Waals surface area contributed by atoms with Gasteiger partial charge < -0.3 is 10.6 Å². The molecule has 3 N–H and O–H groups in total. The summed E-state index contributed by atoms with van der Waals surface area (Å²) >= 11 is 0. The van der Waals surface area contributed by atoms with Crippen LogP contribution >= 0.6 is 0 Å². The fourth-order valence-electron chi connectivity index (χ4n) is 2.92. The molecule has 2 atom stereocenters. The van der Waals surface area contributed by atoms with Crippen molar-refractivity contribution in [3.63, 3.8) is 0 Å². The van der Waals surface area contributed by atoms with Crippen LogP contribution in [0.1, 0.15) is 18.4 Å². The monoisotopic (exact) mass is 311 g/mol. The van der Waals surface area contributed by atoms with Gasteiger partial charge in [-0.3, -0.25) is 0 Å². The van der Waals surface area contributed by atoms with Crippen molar-refractivity contribution in [2.75, 3.05) is 38.5 Å². The topological polar surface area (TPSA) is 75.4 Å². The molecule has 5 nitrogen and oxygen atoms in total. The van der Waals surface area contributed by atoms with Gasteiger partial charge >= 0.3 is 0 Å². The highest BCUT2D eigenvalue weighted by molar-refractivity contribution is 7.89. The van der Waals surface area contributed by atoms with E-state index in [2.05, 4.69) is 33.9 Å². The van der Waals surface area contributed by atoms with Crippen LogP contribution in [-0.4, -0.2) is 51.8 Å². The van der Waals surface area contributed by atoms with E-state index in [1.54, 1.807) is 6.92 Å². The van der Waals surface area contributed by atoms with E-state index in [0.717, 1.165) is 19.6 Å². The van der Waals surface area contributed by atoms with E-state index in [1.807, 2.05) is 6.07 Å². The molecular formula is C15H25N3O2S. The molecule has 1 fully saturated rings. The minimum Gasteiger partial charge on any atom is -0.330 e. The van der Waals surface area contributed by atoms with Gasteiger partial charge in [0.2, 0.25) is 10.0 Å². The smallest absolute Gasteiger partial charge is 0.211 e. The van der Waals surface area contributed by atoms with Crippen LogP contribution in [0.2, 0.25) is 0 Å².